The van der Waals surface area contributed by atoms with Gasteiger partial charge in [0.1, 0.15) is 11.6 Å². The molecular weight excluding hydrogens is 428 g/mol. The first kappa shape index (κ1) is 23.7. The van der Waals surface area contributed by atoms with Crippen molar-refractivity contribution in [1.82, 2.24) is 15.3 Å². The van der Waals surface area contributed by atoms with E-state index in [9.17, 15) is 0 Å². The molecule has 0 amide bonds. The van der Waals surface area contributed by atoms with Crippen LogP contribution in [0.2, 0.25) is 0 Å². The molecule has 7 heteroatoms. The summed E-state index contributed by atoms with van der Waals surface area (Å²) in [6, 6.07) is 12.7. The summed E-state index contributed by atoms with van der Waals surface area (Å²) >= 11 is 5.57. The topological polar surface area (TPSA) is 56.3 Å². The summed E-state index contributed by atoms with van der Waals surface area (Å²) in [7, 11) is 0. The number of benzene rings is 1. The zero-order valence-corrected chi connectivity index (χ0v) is 20.9. The summed E-state index contributed by atoms with van der Waals surface area (Å²) in [4.78, 5) is 14.5. The summed E-state index contributed by atoms with van der Waals surface area (Å²) in [5.41, 5.74) is 1.35. The Labute approximate surface area is 204 Å². The maximum absolute atomic E-state index is 5.57. The van der Waals surface area contributed by atoms with Gasteiger partial charge in [-0.15, -0.1) is 0 Å². The van der Waals surface area contributed by atoms with Crippen molar-refractivity contribution in [3.8, 4) is 0 Å². The second kappa shape index (κ2) is 11.6. The Hall–Kier alpha value is -2.41. The van der Waals surface area contributed by atoms with Crippen molar-refractivity contribution in [3.63, 3.8) is 0 Å². The molecule has 0 radical (unpaired) electrons. The number of anilines is 3. The van der Waals surface area contributed by atoms with Crippen LogP contribution in [0.25, 0.3) is 0 Å². The van der Waals surface area contributed by atoms with Crippen molar-refractivity contribution >= 4 is 34.9 Å². The molecule has 4 rings (SSSR count). The van der Waals surface area contributed by atoms with Gasteiger partial charge in [-0.05, 0) is 68.1 Å². The van der Waals surface area contributed by atoms with E-state index in [1.165, 1.54) is 31.2 Å². The van der Waals surface area contributed by atoms with Crippen molar-refractivity contribution < 1.29 is 0 Å². The van der Waals surface area contributed by atoms with Gasteiger partial charge in [-0.25, -0.2) is 0 Å². The van der Waals surface area contributed by atoms with Gasteiger partial charge in [-0.3, -0.25) is 0 Å². The van der Waals surface area contributed by atoms with Gasteiger partial charge >= 0.3 is 0 Å². The van der Waals surface area contributed by atoms with E-state index in [1.807, 2.05) is 0 Å². The third-order valence-corrected chi connectivity index (χ3v) is 7.03. The van der Waals surface area contributed by atoms with Gasteiger partial charge in [-0.2, -0.15) is 9.97 Å². The first-order valence-electron chi connectivity index (χ1n) is 12.5. The van der Waals surface area contributed by atoms with E-state index in [0.29, 0.717) is 17.0 Å². The first-order valence-corrected chi connectivity index (χ1v) is 13.0. The molecule has 6 nitrogen and oxygen atoms in total. The van der Waals surface area contributed by atoms with E-state index in [-0.39, 0.29) is 0 Å². The summed E-state index contributed by atoms with van der Waals surface area (Å²) in [5.74, 6) is 4.10. The van der Waals surface area contributed by atoms with E-state index < -0.39 is 0 Å². The molecule has 3 heterocycles. The molecule has 1 aromatic heterocycles. The summed E-state index contributed by atoms with van der Waals surface area (Å²) in [6.07, 6.45) is 6.99. The Balaban J connectivity index is 1.40. The van der Waals surface area contributed by atoms with Gasteiger partial charge in [0.25, 0.3) is 0 Å². The third kappa shape index (κ3) is 7.03. The van der Waals surface area contributed by atoms with Crippen LogP contribution in [0, 0.1) is 11.8 Å². The molecule has 1 aromatic carbocycles. The fraction of sp³-hybridized carbons (Fsp3) is 0.577. The Bertz CT molecular complexity index is 897. The van der Waals surface area contributed by atoms with Crippen LogP contribution in [0.5, 0.6) is 0 Å². The lowest BCUT2D eigenvalue weighted by Crippen LogP contribution is -2.37. The van der Waals surface area contributed by atoms with Crippen LogP contribution in [-0.2, 0) is 6.42 Å². The van der Waals surface area contributed by atoms with Crippen LogP contribution in [-0.4, -0.2) is 47.8 Å². The van der Waals surface area contributed by atoms with Crippen LogP contribution >= 0.6 is 12.2 Å². The van der Waals surface area contributed by atoms with Gasteiger partial charge < -0.3 is 20.4 Å². The minimum absolute atomic E-state index is 0.588. The van der Waals surface area contributed by atoms with Crippen molar-refractivity contribution in [1.29, 1.82) is 0 Å². The number of piperidine rings is 2. The van der Waals surface area contributed by atoms with E-state index in [1.54, 1.807) is 0 Å². The lowest BCUT2D eigenvalue weighted by Gasteiger charge is -2.34. The van der Waals surface area contributed by atoms with Crippen LogP contribution < -0.4 is 20.4 Å². The SMILES string of the molecule is CC1CCN(c2cc(N3CCCC(C)C3)nc(NC(=S)NCCCc3ccccc3)n2)CC1. The van der Waals surface area contributed by atoms with Gasteiger partial charge in [-0.1, -0.05) is 44.2 Å². The number of hydrogen-bond donors (Lipinski definition) is 2. The van der Waals surface area contributed by atoms with Crippen LogP contribution in [0.1, 0.15) is 51.5 Å². The number of thiocarbonyl (C=S) groups is 1. The molecule has 2 saturated heterocycles. The highest BCUT2D eigenvalue weighted by molar-refractivity contribution is 7.80. The Kier molecular flexibility index (Phi) is 8.37. The minimum atomic E-state index is 0.588. The highest BCUT2D eigenvalue weighted by Crippen LogP contribution is 2.28. The normalized spacial score (nSPS) is 19.4. The maximum Gasteiger partial charge on any atom is 0.232 e. The molecule has 2 aliphatic heterocycles. The second-order valence-electron chi connectivity index (χ2n) is 9.74. The Morgan fingerprint density at radius 1 is 0.970 bits per heavy atom. The van der Waals surface area contributed by atoms with E-state index >= 15 is 0 Å². The van der Waals surface area contributed by atoms with Crippen LogP contribution in [0.3, 0.4) is 0 Å². The average Bonchev–Trinajstić information content (AvgIpc) is 2.83. The van der Waals surface area contributed by atoms with Crippen molar-refractivity contribution in [2.75, 3.05) is 47.8 Å². The predicted octanol–water partition coefficient (Wildman–Crippen LogP) is 4.87. The molecule has 2 aromatic rings. The Morgan fingerprint density at radius 3 is 2.42 bits per heavy atom. The first-order chi connectivity index (χ1) is 16.1. The van der Waals surface area contributed by atoms with Crippen molar-refractivity contribution in [3.05, 3.63) is 42.0 Å². The van der Waals surface area contributed by atoms with E-state index in [4.69, 9.17) is 22.2 Å². The zero-order valence-electron chi connectivity index (χ0n) is 20.1. The van der Waals surface area contributed by atoms with Gasteiger partial charge in [0.15, 0.2) is 5.11 Å². The highest BCUT2D eigenvalue weighted by Gasteiger charge is 2.22. The number of hydrogen-bond acceptors (Lipinski definition) is 5. The third-order valence-electron chi connectivity index (χ3n) is 6.78. The smallest absolute Gasteiger partial charge is 0.232 e. The van der Waals surface area contributed by atoms with Crippen molar-refractivity contribution in [2.45, 2.75) is 52.4 Å². The summed E-state index contributed by atoms with van der Waals surface area (Å²) < 4.78 is 0. The molecule has 0 aliphatic carbocycles. The number of nitrogens with zero attached hydrogens (tertiary/aromatic N) is 4. The second-order valence-corrected chi connectivity index (χ2v) is 10.1. The molecule has 1 unspecified atom stereocenters. The predicted molar refractivity (Wildman–Crippen MR) is 142 cm³/mol. The fourth-order valence-corrected chi connectivity index (χ4v) is 4.92. The van der Waals surface area contributed by atoms with Crippen LogP contribution in [0.4, 0.5) is 17.6 Å². The lowest BCUT2D eigenvalue weighted by molar-refractivity contribution is 0.435. The largest absolute Gasteiger partial charge is 0.362 e. The highest BCUT2D eigenvalue weighted by atomic mass is 32.1. The maximum atomic E-state index is 5.57. The molecular formula is C26H38N6S. The fourth-order valence-electron chi connectivity index (χ4n) is 4.72. The monoisotopic (exact) mass is 466 g/mol. The molecule has 1 atom stereocenters. The van der Waals surface area contributed by atoms with Gasteiger partial charge in [0.05, 0.1) is 0 Å². The molecule has 0 spiro atoms. The Morgan fingerprint density at radius 2 is 1.70 bits per heavy atom. The molecule has 0 saturated carbocycles. The molecule has 2 N–H and O–H groups in total. The summed E-state index contributed by atoms with van der Waals surface area (Å²) in [5, 5.41) is 7.18. The average molecular weight is 467 g/mol. The number of rotatable bonds is 7. The molecule has 2 aliphatic rings. The molecule has 178 valence electrons. The zero-order chi connectivity index (χ0) is 23.0. The van der Waals surface area contributed by atoms with Gasteiger partial charge in [0.2, 0.25) is 5.95 Å². The number of aryl methyl sites for hydroxylation is 1. The van der Waals surface area contributed by atoms with Crippen molar-refractivity contribution in [2.24, 2.45) is 11.8 Å². The van der Waals surface area contributed by atoms with Gasteiger partial charge in [0, 0.05) is 38.8 Å². The summed E-state index contributed by atoms with van der Waals surface area (Å²) in [6.45, 7) is 9.70. The minimum Gasteiger partial charge on any atom is -0.362 e. The molecule has 33 heavy (non-hydrogen) atoms. The standard InChI is InChI=1S/C26H38N6S/c1-20-12-16-31(17-13-20)23-18-24(32-15-7-8-21(2)19-32)29-25(28-23)30-26(33)27-14-6-11-22-9-4-3-5-10-22/h3-5,9-10,18,20-21H,6-8,11-17,19H2,1-2H3,(H2,27,28,29,30,33). The molecule has 2 fully saturated rings. The van der Waals surface area contributed by atoms with E-state index in [2.05, 4.69) is 70.7 Å². The number of nitrogens with one attached hydrogen (secondary N) is 2. The lowest BCUT2D eigenvalue weighted by atomic mass is 9.99. The van der Waals surface area contributed by atoms with E-state index in [0.717, 1.165) is 63.1 Å². The quantitative estimate of drug-likeness (QED) is 0.446. The van der Waals surface area contributed by atoms with Crippen LogP contribution in [0.15, 0.2) is 36.4 Å². The number of aromatic nitrogens is 2. The molecule has 0 bridgehead atoms.